The molecule has 0 saturated heterocycles. The molecule has 0 aromatic heterocycles. The summed E-state index contributed by atoms with van der Waals surface area (Å²) in [5.74, 6) is 0.229. The van der Waals surface area contributed by atoms with Crippen LogP contribution in [0, 0.1) is 5.92 Å². The molecule has 8 heteroatoms. The maximum Gasteiger partial charge on any atom is 0.416 e. The van der Waals surface area contributed by atoms with Gasteiger partial charge in [0, 0.05) is 30.3 Å². The zero-order valence-corrected chi connectivity index (χ0v) is 16.3. The fourth-order valence-electron chi connectivity index (χ4n) is 3.47. The quantitative estimate of drug-likeness (QED) is 0.803. The molecule has 158 valence electrons. The molecule has 1 saturated carbocycles. The van der Waals surface area contributed by atoms with E-state index in [1.807, 2.05) is 0 Å². The molecule has 0 unspecified atom stereocenters. The van der Waals surface area contributed by atoms with E-state index in [4.69, 9.17) is 4.74 Å². The van der Waals surface area contributed by atoms with Gasteiger partial charge in [-0.3, -0.25) is 9.59 Å². The van der Waals surface area contributed by atoms with Crippen molar-refractivity contribution in [3.05, 3.63) is 59.2 Å². The fraction of sp³-hybridized carbons (Fsp3) is 0.364. The summed E-state index contributed by atoms with van der Waals surface area (Å²) in [5, 5.41) is 2.86. The van der Waals surface area contributed by atoms with Gasteiger partial charge in [-0.2, -0.15) is 13.2 Å². The summed E-state index contributed by atoms with van der Waals surface area (Å²) in [6, 6.07) is 10.1. The van der Waals surface area contributed by atoms with Crippen LogP contribution >= 0.6 is 0 Å². The van der Waals surface area contributed by atoms with Crippen LogP contribution in [0.25, 0.3) is 0 Å². The molecule has 5 nitrogen and oxygen atoms in total. The second kappa shape index (κ2) is 7.66. The number of amides is 2. The smallest absolute Gasteiger partial charge is 0.416 e. The van der Waals surface area contributed by atoms with Crippen LogP contribution in [0.1, 0.15) is 36.5 Å². The third kappa shape index (κ3) is 4.42. The van der Waals surface area contributed by atoms with Crippen LogP contribution in [0.3, 0.4) is 0 Å². The molecule has 1 atom stereocenters. The third-order valence-electron chi connectivity index (χ3n) is 5.23. The number of anilines is 1. The highest BCUT2D eigenvalue weighted by atomic mass is 19.4. The number of hydrogen-bond donors (Lipinski definition) is 1. The van der Waals surface area contributed by atoms with Crippen LogP contribution in [0.5, 0.6) is 5.75 Å². The SMILES string of the molecule is C[C@@H]1Oc2ccc(NC(=O)C3CC3)cc2CN(Cc2cccc(C(F)(F)F)c2)C1=O. The normalized spacial score (nSPS) is 19.0. The summed E-state index contributed by atoms with van der Waals surface area (Å²) in [5.41, 5.74) is 0.924. The lowest BCUT2D eigenvalue weighted by Gasteiger charge is -2.22. The van der Waals surface area contributed by atoms with Gasteiger partial charge in [0.2, 0.25) is 5.91 Å². The molecule has 0 radical (unpaired) electrons. The van der Waals surface area contributed by atoms with Gasteiger partial charge >= 0.3 is 6.18 Å². The van der Waals surface area contributed by atoms with Crippen LogP contribution in [0.4, 0.5) is 18.9 Å². The first-order valence-corrected chi connectivity index (χ1v) is 9.76. The highest BCUT2D eigenvalue weighted by Crippen LogP contribution is 2.33. The molecule has 2 amide bonds. The molecule has 2 aromatic rings. The number of benzene rings is 2. The van der Waals surface area contributed by atoms with Crippen molar-refractivity contribution in [1.82, 2.24) is 4.90 Å². The summed E-state index contributed by atoms with van der Waals surface area (Å²) in [6.45, 7) is 1.80. The first kappa shape index (κ1) is 20.3. The standard InChI is InChI=1S/C22H21F3N2O3/c1-13-21(29)27(11-14-3-2-4-17(9-14)22(23,24)25)12-16-10-18(7-8-19(16)30-13)26-20(28)15-5-6-15/h2-4,7-10,13,15H,5-6,11-12H2,1H3,(H,26,28)/t13-/m0/s1. The number of rotatable bonds is 4. The highest BCUT2D eigenvalue weighted by Gasteiger charge is 2.32. The van der Waals surface area contributed by atoms with Crippen LogP contribution in [-0.4, -0.2) is 22.8 Å². The molecule has 1 aliphatic heterocycles. The highest BCUT2D eigenvalue weighted by molar-refractivity contribution is 5.94. The van der Waals surface area contributed by atoms with E-state index >= 15 is 0 Å². The lowest BCUT2D eigenvalue weighted by atomic mass is 10.1. The zero-order valence-electron chi connectivity index (χ0n) is 16.3. The molecule has 1 heterocycles. The molecule has 0 spiro atoms. The van der Waals surface area contributed by atoms with E-state index in [0.29, 0.717) is 22.6 Å². The van der Waals surface area contributed by atoms with Crippen LogP contribution in [0.15, 0.2) is 42.5 Å². The molecule has 1 N–H and O–H groups in total. The van der Waals surface area contributed by atoms with Gasteiger partial charge in [0.1, 0.15) is 5.75 Å². The summed E-state index contributed by atoms with van der Waals surface area (Å²) in [7, 11) is 0. The maximum absolute atomic E-state index is 13.0. The first-order valence-electron chi connectivity index (χ1n) is 9.76. The Bertz CT molecular complexity index is 986. The van der Waals surface area contributed by atoms with E-state index in [1.54, 1.807) is 31.2 Å². The lowest BCUT2D eigenvalue weighted by molar-refractivity contribution is -0.138. The third-order valence-corrected chi connectivity index (χ3v) is 5.23. The Hall–Kier alpha value is -3.03. The van der Waals surface area contributed by atoms with E-state index in [-0.39, 0.29) is 30.8 Å². The Morgan fingerprint density at radius 2 is 1.97 bits per heavy atom. The molecular weight excluding hydrogens is 397 g/mol. The number of halogens is 3. The minimum absolute atomic E-state index is 0.0224. The Kier molecular flexibility index (Phi) is 5.17. The number of alkyl halides is 3. The summed E-state index contributed by atoms with van der Waals surface area (Å²) in [4.78, 5) is 26.3. The summed E-state index contributed by atoms with van der Waals surface area (Å²) < 4.78 is 44.8. The molecule has 1 aliphatic carbocycles. The summed E-state index contributed by atoms with van der Waals surface area (Å²) >= 11 is 0. The van der Waals surface area contributed by atoms with Gasteiger partial charge in [-0.05, 0) is 55.7 Å². The summed E-state index contributed by atoms with van der Waals surface area (Å²) in [6.07, 6.45) is -3.45. The van der Waals surface area contributed by atoms with Gasteiger partial charge in [0.05, 0.1) is 5.56 Å². The van der Waals surface area contributed by atoms with E-state index in [2.05, 4.69) is 5.32 Å². The van der Waals surface area contributed by atoms with Gasteiger partial charge in [0.25, 0.3) is 5.91 Å². The zero-order chi connectivity index (χ0) is 21.5. The van der Waals surface area contributed by atoms with Gasteiger partial charge in [-0.25, -0.2) is 0 Å². The number of carbonyl (C=O) groups is 2. The first-order chi connectivity index (χ1) is 14.2. The number of nitrogens with one attached hydrogen (secondary N) is 1. The number of hydrogen-bond acceptors (Lipinski definition) is 3. The van der Waals surface area contributed by atoms with Gasteiger partial charge < -0.3 is 15.0 Å². The van der Waals surface area contributed by atoms with Crippen molar-refractivity contribution in [2.45, 2.75) is 45.1 Å². The molecule has 1 fully saturated rings. The van der Waals surface area contributed by atoms with E-state index in [0.717, 1.165) is 25.0 Å². The number of nitrogens with zero attached hydrogens (tertiary/aromatic N) is 1. The largest absolute Gasteiger partial charge is 0.481 e. The van der Waals surface area contributed by atoms with E-state index in [1.165, 1.54) is 11.0 Å². The van der Waals surface area contributed by atoms with E-state index in [9.17, 15) is 22.8 Å². The topological polar surface area (TPSA) is 58.6 Å². The van der Waals surface area contributed by atoms with E-state index < -0.39 is 17.8 Å². The maximum atomic E-state index is 13.0. The minimum atomic E-state index is -4.45. The van der Waals surface area contributed by atoms with Gasteiger partial charge in [-0.15, -0.1) is 0 Å². The second-order valence-corrected chi connectivity index (χ2v) is 7.74. The van der Waals surface area contributed by atoms with Crippen molar-refractivity contribution in [3.8, 4) is 5.75 Å². The Labute approximate surface area is 171 Å². The molecule has 30 heavy (non-hydrogen) atoms. The van der Waals surface area contributed by atoms with Crippen LogP contribution in [0.2, 0.25) is 0 Å². The van der Waals surface area contributed by atoms with Crippen molar-refractivity contribution in [1.29, 1.82) is 0 Å². The monoisotopic (exact) mass is 418 g/mol. The lowest BCUT2D eigenvalue weighted by Crippen LogP contribution is -2.37. The van der Waals surface area contributed by atoms with Gasteiger partial charge in [0.15, 0.2) is 6.10 Å². The predicted octanol–water partition coefficient (Wildman–Crippen LogP) is 4.36. The molecule has 2 aromatic carbocycles. The van der Waals surface area contributed by atoms with Crippen molar-refractivity contribution in [2.24, 2.45) is 5.92 Å². The second-order valence-electron chi connectivity index (χ2n) is 7.74. The van der Waals surface area contributed by atoms with Crippen LogP contribution < -0.4 is 10.1 Å². The fourth-order valence-corrected chi connectivity index (χ4v) is 3.47. The van der Waals surface area contributed by atoms with Crippen LogP contribution in [-0.2, 0) is 28.9 Å². The van der Waals surface area contributed by atoms with Crippen molar-refractivity contribution in [2.75, 3.05) is 5.32 Å². The minimum Gasteiger partial charge on any atom is -0.481 e. The predicted molar refractivity (Wildman–Crippen MR) is 104 cm³/mol. The average molecular weight is 418 g/mol. The average Bonchev–Trinajstić information content (AvgIpc) is 3.53. The molecular formula is C22H21F3N2O3. The molecule has 0 bridgehead atoms. The molecule has 4 rings (SSSR count). The van der Waals surface area contributed by atoms with Gasteiger partial charge in [-0.1, -0.05) is 12.1 Å². The Morgan fingerprint density at radius 3 is 2.67 bits per heavy atom. The van der Waals surface area contributed by atoms with Crippen molar-refractivity contribution < 1.29 is 27.5 Å². The number of carbonyl (C=O) groups excluding carboxylic acids is 2. The number of fused-ring (bicyclic) bond motifs is 1. The van der Waals surface area contributed by atoms with Crippen molar-refractivity contribution >= 4 is 17.5 Å². The molecule has 2 aliphatic rings. The number of ether oxygens (including phenoxy) is 1. The Morgan fingerprint density at radius 1 is 1.20 bits per heavy atom. The Balaban J connectivity index is 1.57. The van der Waals surface area contributed by atoms with Crippen molar-refractivity contribution in [3.63, 3.8) is 0 Å².